The van der Waals surface area contributed by atoms with Crippen molar-refractivity contribution in [3.63, 3.8) is 0 Å². The highest BCUT2D eigenvalue weighted by atomic mass is 16.5. The molecule has 0 aliphatic rings. The van der Waals surface area contributed by atoms with Gasteiger partial charge in [0.25, 0.3) is 0 Å². The van der Waals surface area contributed by atoms with Crippen LogP contribution in [0.1, 0.15) is 56.3 Å². The Balaban J connectivity index is 2.09. The largest absolute Gasteiger partial charge is 0.491 e. The fourth-order valence-electron chi connectivity index (χ4n) is 2.03. The van der Waals surface area contributed by atoms with Crippen LogP contribution in [0.3, 0.4) is 0 Å². The van der Waals surface area contributed by atoms with E-state index in [0.717, 1.165) is 18.8 Å². The second-order valence-electron chi connectivity index (χ2n) is 5.12. The molecule has 1 aromatic rings. The Bertz CT molecular complexity index is 400. The maximum absolute atomic E-state index is 11.5. The van der Waals surface area contributed by atoms with Crippen LogP contribution in [0, 0.1) is 0 Å². The Morgan fingerprint density at radius 2 is 1.64 bits per heavy atom. The number of ether oxygens (including phenoxy) is 3. The molecule has 0 fully saturated rings. The van der Waals surface area contributed by atoms with Crippen LogP contribution in [0.15, 0.2) is 24.3 Å². The summed E-state index contributed by atoms with van der Waals surface area (Å²) in [5.74, 6) is 0.431. The third-order valence-corrected chi connectivity index (χ3v) is 3.25. The van der Waals surface area contributed by atoms with E-state index >= 15 is 0 Å². The van der Waals surface area contributed by atoms with Gasteiger partial charge in [-0.05, 0) is 37.6 Å². The number of benzene rings is 1. The zero-order valence-corrected chi connectivity index (χ0v) is 13.8. The van der Waals surface area contributed by atoms with Gasteiger partial charge < -0.3 is 14.2 Å². The Hall–Kier alpha value is -1.55. The predicted molar refractivity (Wildman–Crippen MR) is 87.5 cm³/mol. The summed E-state index contributed by atoms with van der Waals surface area (Å²) in [5.41, 5.74) is 0.539. The molecule has 0 N–H and O–H groups in total. The highest BCUT2D eigenvalue weighted by Crippen LogP contribution is 2.13. The van der Waals surface area contributed by atoms with Crippen molar-refractivity contribution in [2.45, 2.75) is 46.0 Å². The van der Waals surface area contributed by atoms with Crippen LogP contribution in [0.4, 0.5) is 0 Å². The van der Waals surface area contributed by atoms with E-state index in [1.54, 1.807) is 31.2 Å². The molecule has 0 spiro atoms. The summed E-state index contributed by atoms with van der Waals surface area (Å²) >= 11 is 0. The molecule has 4 nitrogen and oxygen atoms in total. The molecule has 0 aromatic heterocycles. The summed E-state index contributed by atoms with van der Waals surface area (Å²) in [5, 5.41) is 0. The number of esters is 1. The minimum Gasteiger partial charge on any atom is -0.491 e. The quantitative estimate of drug-likeness (QED) is 0.428. The smallest absolute Gasteiger partial charge is 0.338 e. The molecule has 124 valence electrons. The number of carbonyl (C=O) groups is 1. The molecule has 4 heteroatoms. The average molecular weight is 308 g/mol. The van der Waals surface area contributed by atoms with Crippen molar-refractivity contribution in [1.29, 1.82) is 0 Å². The molecule has 0 amide bonds. The Kier molecular flexibility index (Phi) is 10.1. The Morgan fingerprint density at radius 3 is 2.32 bits per heavy atom. The first-order chi connectivity index (χ1) is 10.8. The first-order valence-electron chi connectivity index (χ1n) is 8.25. The molecule has 0 saturated carbocycles. The normalized spacial score (nSPS) is 10.5. The second kappa shape index (κ2) is 12.0. The Morgan fingerprint density at radius 1 is 0.909 bits per heavy atom. The molecule has 0 unspecified atom stereocenters. The standard InChI is InChI=1S/C18H28O4/c1-3-5-6-7-8-13-20-14-15-22-17-11-9-16(10-12-17)18(19)21-4-2/h9-12H,3-8,13-15H2,1-2H3. The minimum atomic E-state index is -0.305. The van der Waals surface area contributed by atoms with Crippen LogP contribution in [-0.4, -0.2) is 32.4 Å². The monoisotopic (exact) mass is 308 g/mol. The van der Waals surface area contributed by atoms with E-state index in [1.165, 1.54) is 25.7 Å². The molecular formula is C18H28O4. The molecule has 22 heavy (non-hydrogen) atoms. The van der Waals surface area contributed by atoms with E-state index < -0.39 is 0 Å². The van der Waals surface area contributed by atoms with E-state index in [4.69, 9.17) is 14.2 Å². The number of hydrogen-bond donors (Lipinski definition) is 0. The summed E-state index contributed by atoms with van der Waals surface area (Å²) in [6.45, 7) is 6.30. The summed E-state index contributed by atoms with van der Waals surface area (Å²) in [6, 6.07) is 6.97. The number of hydrogen-bond acceptors (Lipinski definition) is 4. The van der Waals surface area contributed by atoms with Gasteiger partial charge in [-0.25, -0.2) is 4.79 Å². The molecule has 0 radical (unpaired) electrons. The van der Waals surface area contributed by atoms with Gasteiger partial charge in [-0.1, -0.05) is 32.6 Å². The van der Waals surface area contributed by atoms with E-state index in [-0.39, 0.29) is 5.97 Å². The summed E-state index contributed by atoms with van der Waals surface area (Å²) in [4.78, 5) is 11.5. The molecular weight excluding hydrogens is 280 g/mol. The highest BCUT2D eigenvalue weighted by molar-refractivity contribution is 5.89. The zero-order valence-electron chi connectivity index (χ0n) is 13.8. The van der Waals surface area contributed by atoms with Gasteiger partial charge in [-0.2, -0.15) is 0 Å². The minimum absolute atomic E-state index is 0.305. The maximum Gasteiger partial charge on any atom is 0.338 e. The molecule has 0 saturated heterocycles. The maximum atomic E-state index is 11.5. The van der Waals surface area contributed by atoms with Crippen LogP contribution in [0.5, 0.6) is 5.75 Å². The first kappa shape index (κ1) is 18.5. The van der Waals surface area contributed by atoms with Gasteiger partial charge in [0.15, 0.2) is 0 Å². The fraction of sp³-hybridized carbons (Fsp3) is 0.611. The van der Waals surface area contributed by atoms with Crippen molar-refractivity contribution in [3.8, 4) is 5.75 Å². The van der Waals surface area contributed by atoms with Crippen molar-refractivity contribution < 1.29 is 19.0 Å². The van der Waals surface area contributed by atoms with Crippen molar-refractivity contribution in [2.75, 3.05) is 26.4 Å². The number of unbranched alkanes of at least 4 members (excludes halogenated alkanes) is 4. The average Bonchev–Trinajstić information content (AvgIpc) is 2.54. The van der Waals surface area contributed by atoms with Gasteiger partial charge in [0.05, 0.1) is 18.8 Å². The van der Waals surface area contributed by atoms with Gasteiger partial charge in [0.2, 0.25) is 0 Å². The van der Waals surface area contributed by atoms with Crippen LogP contribution < -0.4 is 4.74 Å². The zero-order chi connectivity index (χ0) is 16.0. The van der Waals surface area contributed by atoms with Crippen molar-refractivity contribution in [2.24, 2.45) is 0 Å². The van der Waals surface area contributed by atoms with Gasteiger partial charge in [0, 0.05) is 6.61 Å². The second-order valence-corrected chi connectivity index (χ2v) is 5.12. The lowest BCUT2D eigenvalue weighted by Crippen LogP contribution is -2.08. The topological polar surface area (TPSA) is 44.8 Å². The molecule has 0 heterocycles. The summed E-state index contributed by atoms with van der Waals surface area (Å²) < 4.78 is 16.0. The third-order valence-electron chi connectivity index (χ3n) is 3.25. The van der Waals surface area contributed by atoms with E-state index in [2.05, 4.69) is 6.92 Å². The molecule has 0 aliphatic heterocycles. The summed E-state index contributed by atoms with van der Waals surface area (Å²) in [7, 11) is 0. The van der Waals surface area contributed by atoms with Gasteiger partial charge in [0.1, 0.15) is 12.4 Å². The fourth-order valence-corrected chi connectivity index (χ4v) is 2.03. The lowest BCUT2D eigenvalue weighted by Gasteiger charge is -2.08. The lowest BCUT2D eigenvalue weighted by molar-refractivity contribution is 0.0526. The molecule has 0 aliphatic carbocycles. The van der Waals surface area contributed by atoms with Gasteiger partial charge in [-0.3, -0.25) is 0 Å². The van der Waals surface area contributed by atoms with Crippen molar-refractivity contribution >= 4 is 5.97 Å². The van der Waals surface area contributed by atoms with E-state index in [0.29, 0.717) is 25.4 Å². The van der Waals surface area contributed by atoms with E-state index in [9.17, 15) is 4.79 Å². The Labute approximate surface area is 133 Å². The van der Waals surface area contributed by atoms with Crippen LogP contribution in [-0.2, 0) is 9.47 Å². The first-order valence-corrected chi connectivity index (χ1v) is 8.25. The van der Waals surface area contributed by atoms with Crippen LogP contribution in [0.25, 0.3) is 0 Å². The molecule has 0 bridgehead atoms. The predicted octanol–water partition coefficient (Wildman–Crippen LogP) is 4.23. The summed E-state index contributed by atoms with van der Waals surface area (Å²) in [6.07, 6.45) is 6.23. The van der Waals surface area contributed by atoms with Crippen LogP contribution in [0.2, 0.25) is 0 Å². The number of rotatable bonds is 12. The lowest BCUT2D eigenvalue weighted by atomic mass is 10.2. The third kappa shape index (κ3) is 8.03. The number of carbonyl (C=O) groups excluding carboxylic acids is 1. The molecule has 1 aromatic carbocycles. The molecule has 1 rings (SSSR count). The van der Waals surface area contributed by atoms with E-state index in [1.807, 2.05) is 0 Å². The SMILES string of the molecule is CCCCCCCOCCOc1ccc(C(=O)OCC)cc1. The van der Waals surface area contributed by atoms with Crippen LogP contribution >= 0.6 is 0 Å². The highest BCUT2D eigenvalue weighted by Gasteiger charge is 2.05. The van der Waals surface area contributed by atoms with Gasteiger partial charge in [-0.15, -0.1) is 0 Å². The van der Waals surface area contributed by atoms with Crippen molar-refractivity contribution in [3.05, 3.63) is 29.8 Å². The van der Waals surface area contributed by atoms with Gasteiger partial charge >= 0.3 is 5.97 Å². The van der Waals surface area contributed by atoms with Crippen molar-refractivity contribution in [1.82, 2.24) is 0 Å². The molecule has 0 atom stereocenters.